The smallest absolute Gasteiger partial charge is 0.0408 e. The summed E-state index contributed by atoms with van der Waals surface area (Å²) in [4.78, 5) is 0. The molecular formula is C17H18ClN. The van der Waals surface area contributed by atoms with E-state index in [1.807, 2.05) is 12.1 Å². The molecule has 1 N–H and O–H groups in total. The van der Waals surface area contributed by atoms with Crippen LogP contribution in [0.15, 0.2) is 54.6 Å². The molecule has 98 valence electrons. The Balaban J connectivity index is 1.93. The minimum atomic E-state index is 0.509. The molecule has 0 radical (unpaired) electrons. The van der Waals surface area contributed by atoms with Crippen LogP contribution in [-0.2, 0) is 0 Å². The molecule has 1 aliphatic heterocycles. The zero-order valence-electron chi connectivity index (χ0n) is 10.9. The van der Waals surface area contributed by atoms with Crippen LogP contribution in [0.1, 0.15) is 29.4 Å². The molecule has 2 aromatic carbocycles. The summed E-state index contributed by atoms with van der Waals surface area (Å²) in [5.41, 5.74) is 2.78. The first-order valence-corrected chi connectivity index (χ1v) is 7.23. The Hall–Kier alpha value is -1.31. The highest BCUT2D eigenvalue weighted by atomic mass is 35.5. The van der Waals surface area contributed by atoms with Gasteiger partial charge in [0, 0.05) is 17.5 Å². The van der Waals surface area contributed by atoms with Gasteiger partial charge in [-0.3, -0.25) is 0 Å². The van der Waals surface area contributed by atoms with Crippen LogP contribution in [0.2, 0.25) is 5.02 Å². The first-order chi connectivity index (χ1) is 9.34. The van der Waals surface area contributed by atoms with Gasteiger partial charge >= 0.3 is 0 Å². The maximum absolute atomic E-state index is 6.14. The van der Waals surface area contributed by atoms with Crippen molar-refractivity contribution in [2.45, 2.75) is 18.3 Å². The molecule has 1 fully saturated rings. The number of hydrogen-bond donors (Lipinski definition) is 1. The molecular weight excluding hydrogens is 254 g/mol. The molecule has 2 atom stereocenters. The first kappa shape index (κ1) is 12.7. The fourth-order valence-electron chi connectivity index (χ4n) is 3.05. The Kier molecular flexibility index (Phi) is 3.86. The van der Waals surface area contributed by atoms with Crippen molar-refractivity contribution in [2.24, 2.45) is 0 Å². The lowest BCUT2D eigenvalue weighted by molar-refractivity contribution is 0.404. The third kappa shape index (κ3) is 2.83. The van der Waals surface area contributed by atoms with Crippen LogP contribution in [0.25, 0.3) is 0 Å². The molecule has 1 nitrogen and oxygen atoms in total. The lowest BCUT2D eigenvalue weighted by atomic mass is 9.77. The van der Waals surface area contributed by atoms with Gasteiger partial charge in [-0.05, 0) is 42.1 Å². The van der Waals surface area contributed by atoms with Gasteiger partial charge < -0.3 is 5.32 Å². The number of piperidine rings is 1. The molecule has 0 spiro atoms. The summed E-state index contributed by atoms with van der Waals surface area (Å²) in [5, 5.41) is 4.34. The predicted octanol–water partition coefficient (Wildman–Crippen LogP) is 4.20. The van der Waals surface area contributed by atoms with E-state index in [1.54, 1.807) is 0 Å². The molecule has 0 aromatic heterocycles. The molecule has 1 heterocycles. The lowest BCUT2D eigenvalue weighted by Gasteiger charge is -2.33. The van der Waals surface area contributed by atoms with Crippen LogP contribution in [0, 0.1) is 0 Å². The third-order valence-corrected chi connectivity index (χ3v) is 4.22. The van der Waals surface area contributed by atoms with E-state index in [2.05, 4.69) is 47.8 Å². The van der Waals surface area contributed by atoms with Crippen molar-refractivity contribution >= 4 is 11.6 Å². The molecule has 0 amide bonds. The van der Waals surface area contributed by atoms with E-state index in [1.165, 1.54) is 17.5 Å². The second kappa shape index (κ2) is 5.77. The van der Waals surface area contributed by atoms with Gasteiger partial charge in [-0.25, -0.2) is 0 Å². The number of benzene rings is 2. The van der Waals surface area contributed by atoms with Crippen molar-refractivity contribution in [3.05, 3.63) is 70.7 Å². The summed E-state index contributed by atoms with van der Waals surface area (Å²) in [6.07, 6.45) is 1.18. The van der Waals surface area contributed by atoms with E-state index in [0.717, 1.165) is 18.1 Å². The van der Waals surface area contributed by atoms with Crippen LogP contribution < -0.4 is 5.32 Å². The van der Waals surface area contributed by atoms with Crippen LogP contribution in [0.3, 0.4) is 0 Å². The number of rotatable bonds is 2. The third-order valence-electron chi connectivity index (χ3n) is 3.99. The van der Waals surface area contributed by atoms with E-state index in [9.17, 15) is 0 Å². The Bertz CT molecular complexity index is 538. The van der Waals surface area contributed by atoms with E-state index < -0.39 is 0 Å². The van der Waals surface area contributed by atoms with Crippen LogP contribution >= 0.6 is 11.6 Å². The van der Waals surface area contributed by atoms with E-state index in [4.69, 9.17) is 11.6 Å². The Morgan fingerprint density at radius 2 is 1.68 bits per heavy atom. The largest absolute Gasteiger partial charge is 0.316 e. The van der Waals surface area contributed by atoms with Crippen molar-refractivity contribution in [3.8, 4) is 0 Å². The summed E-state index contributed by atoms with van der Waals surface area (Å²) in [5.74, 6) is 1.09. The molecule has 0 bridgehead atoms. The van der Waals surface area contributed by atoms with Crippen LogP contribution in [0.4, 0.5) is 0 Å². The summed E-state index contributed by atoms with van der Waals surface area (Å²) in [7, 11) is 0. The predicted molar refractivity (Wildman–Crippen MR) is 80.9 cm³/mol. The summed E-state index contributed by atoms with van der Waals surface area (Å²) < 4.78 is 0. The molecule has 1 saturated heterocycles. The molecule has 3 rings (SSSR count). The average Bonchev–Trinajstić information content (AvgIpc) is 2.48. The van der Waals surface area contributed by atoms with Crippen LogP contribution in [-0.4, -0.2) is 13.1 Å². The molecule has 2 aromatic rings. The van der Waals surface area contributed by atoms with Crippen LogP contribution in [0.5, 0.6) is 0 Å². The molecule has 19 heavy (non-hydrogen) atoms. The van der Waals surface area contributed by atoms with E-state index >= 15 is 0 Å². The Morgan fingerprint density at radius 3 is 2.47 bits per heavy atom. The molecule has 0 saturated carbocycles. The fraction of sp³-hybridized carbons (Fsp3) is 0.294. The van der Waals surface area contributed by atoms with Crippen molar-refractivity contribution in [2.75, 3.05) is 13.1 Å². The summed E-state index contributed by atoms with van der Waals surface area (Å²) in [6.45, 7) is 2.12. The van der Waals surface area contributed by atoms with Gasteiger partial charge in [0.1, 0.15) is 0 Å². The number of nitrogens with one attached hydrogen (secondary N) is 1. The second-order valence-electron chi connectivity index (χ2n) is 5.17. The lowest BCUT2D eigenvalue weighted by Crippen LogP contribution is -2.34. The topological polar surface area (TPSA) is 12.0 Å². The average molecular weight is 272 g/mol. The van der Waals surface area contributed by atoms with Gasteiger partial charge in [0.05, 0.1) is 0 Å². The van der Waals surface area contributed by atoms with Gasteiger partial charge in [-0.1, -0.05) is 54.1 Å². The number of halogens is 1. The number of hydrogen-bond acceptors (Lipinski definition) is 1. The fourth-order valence-corrected chi connectivity index (χ4v) is 3.24. The zero-order chi connectivity index (χ0) is 13.1. The Labute approximate surface area is 119 Å². The summed E-state index contributed by atoms with van der Waals surface area (Å²) >= 11 is 6.14. The van der Waals surface area contributed by atoms with E-state index in [0.29, 0.717) is 11.8 Å². The minimum absolute atomic E-state index is 0.509. The van der Waals surface area contributed by atoms with Gasteiger partial charge in [0.15, 0.2) is 0 Å². The van der Waals surface area contributed by atoms with Crippen molar-refractivity contribution in [1.29, 1.82) is 0 Å². The maximum Gasteiger partial charge on any atom is 0.0408 e. The summed E-state index contributed by atoms with van der Waals surface area (Å²) in [6, 6.07) is 19.1. The second-order valence-corrected chi connectivity index (χ2v) is 5.61. The monoisotopic (exact) mass is 271 g/mol. The van der Waals surface area contributed by atoms with Gasteiger partial charge in [0.25, 0.3) is 0 Å². The van der Waals surface area contributed by atoms with E-state index in [-0.39, 0.29) is 0 Å². The standard InChI is InChI=1S/C17H18ClN/c18-15-8-4-7-14(11-15)17-12-19-10-9-16(17)13-5-2-1-3-6-13/h1-8,11,16-17,19H,9-10,12H2/t16-,17+/m0/s1. The normalized spacial score (nSPS) is 23.2. The molecule has 1 aliphatic rings. The highest BCUT2D eigenvalue weighted by molar-refractivity contribution is 6.30. The van der Waals surface area contributed by atoms with Crippen molar-refractivity contribution < 1.29 is 0 Å². The maximum atomic E-state index is 6.14. The quantitative estimate of drug-likeness (QED) is 0.863. The van der Waals surface area contributed by atoms with Gasteiger partial charge in [-0.15, -0.1) is 0 Å². The van der Waals surface area contributed by atoms with Crippen molar-refractivity contribution in [1.82, 2.24) is 5.32 Å². The minimum Gasteiger partial charge on any atom is -0.316 e. The molecule has 0 aliphatic carbocycles. The first-order valence-electron chi connectivity index (χ1n) is 6.86. The zero-order valence-corrected chi connectivity index (χ0v) is 11.6. The molecule has 0 unspecified atom stereocenters. The molecule has 2 heteroatoms. The Morgan fingerprint density at radius 1 is 0.895 bits per heavy atom. The van der Waals surface area contributed by atoms with Gasteiger partial charge in [0.2, 0.25) is 0 Å². The van der Waals surface area contributed by atoms with Crippen molar-refractivity contribution in [3.63, 3.8) is 0 Å². The SMILES string of the molecule is Clc1cccc([C@H]2CNCC[C@H]2c2ccccc2)c1. The highest BCUT2D eigenvalue weighted by Gasteiger charge is 2.27. The highest BCUT2D eigenvalue weighted by Crippen LogP contribution is 2.37. The van der Waals surface area contributed by atoms with Gasteiger partial charge in [-0.2, -0.15) is 0 Å².